The van der Waals surface area contributed by atoms with Crippen LogP contribution in [0.1, 0.15) is 28.2 Å². The van der Waals surface area contributed by atoms with Gasteiger partial charge >= 0.3 is 0 Å². The van der Waals surface area contributed by atoms with E-state index in [1.165, 1.54) is 11.3 Å². The van der Waals surface area contributed by atoms with Gasteiger partial charge in [-0.1, -0.05) is 11.3 Å². The van der Waals surface area contributed by atoms with Crippen molar-refractivity contribution in [3.63, 3.8) is 0 Å². The molecule has 0 saturated carbocycles. The molecule has 0 spiro atoms. The first kappa shape index (κ1) is 15.9. The second-order valence-electron chi connectivity index (χ2n) is 4.03. The number of amides is 1. The number of nitrogens with two attached hydrogens (primary N) is 1. The Kier molecular flexibility index (Phi) is 7.39. The van der Waals surface area contributed by atoms with Crippen LogP contribution in [-0.4, -0.2) is 44.4 Å². The Hall–Kier alpha value is -1.18. The first-order valence-corrected chi connectivity index (χ1v) is 7.04. The molecule has 7 heteroatoms. The minimum atomic E-state index is -0.105. The van der Waals surface area contributed by atoms with Gasteiger partial charge in [-0.3, -0.25) is 4.79 Å². The molecule has 0 atom stereocenters. The quantitative estimate of drug-likeness (QED) is 0.667. The zero-order chi connectivity index (χ0) is 14.1. The lowest BCUT2D eigenvalue weighted by molar-refractivity contribution is 0.0686. The Bertz CT molecular complexity index is 396. The maximum atomic E-state index is 11.8. The van der Waals surface area contributed by atoms with Crippen molar-refractivity contribution in [3.05, 3.63) is 10.6 Å². The van der Waals surface area contributed by atoms with E-state index < -0.39 is 0 Å². The predicted molar refractivity (Wildman–Crippen MR) is 75.5 cm³/mol. The molecule has 0 saturated heterocycles. The fourth-order valence-electron chi connectivity index (χ4n) is 1.48. The lowest BCUT2D eigenvalue weighted by atomic mass is 10.3. The zero-order valence-corrected chi connectivity index (χ0v) is 12.2. The molecule has 0 aliphatic carbocycles. The molecule has 6 nitrogen and oxygen atoms in total. The second-order valence-corrected chi connectivity index (χ2v) is 5.07. The van der Waals surface area contributed by atoms with Crippen molar-refractivity contribution in [2.24, 2.45) is 0 Å². The van der Waals surface area contributed by atoms with E-state index in [-0.39, 0.29) is 5.91 Å². The van der Waals surface area contributed by atoms with E-state index in [4.69, 9.17) is 15.2 Å². The molecule has 1 heterocycles. The molecular weight excluding hydrogens is 266 g/mol. The van der Waals surface area contributed by atoms with Gasteiger partial charge in [-0.15, -0.1) is 0 Å². The molecule has 1 aromatic heterocycles. The summed E-state index contributed by atoms with van der Waals surface area (Å²) in [5.74, 6) is -0.105. The predicted octanol–water partition coefficient (Wildman–Crippen LogP) is 1.21. The van der Waals surface area contributed by atoms with Gasteiger partial charge in [-0.05, 0) is 19.8 Å². The van der Waals surface area contributed by atoms with Crippen LogP contribution in [0.5, 0.6) is 0 Å². The largest absolute Gasteiger partial charge is 0.382 e. The van der Waals surface area contributed by atoms with E-state index in [0.717, 1.165) is 12.8 Å². The minimum Gasteiger partial charge on any atom is -0.382 e. The van der Waals surface area contributed by atoms with Crippen LogP contribution in [-0.2, 0) is 9.47 Å². The van der Waals surface area contributed by atoms with Gasteiger partial charge in [0.1, 0.15) is 4.88 Å². The SMILES string of the molecule is COCCOCCCCNC(=O)c1sc(N)nc1C. The third-order valence-electron chi connectivity index (χ3n) is 2.45. The number of thiazole rings is 1. The van der Waals surface area contributed by atoms with E-state index in [2.05, 4.69) is 10.3 Å². The number of ether oxygens (including phenoxy) is 2. The molecule has 108 valence electrons. The summed E-state index contributed by atoms with van der Waals surface area (Å²) in [6.45, 7) is 4.33. The first-order chi connectivity index (χ1) is 9.15. The van der Waals surface area contributed by atoms with E-state index >= 15 is 0 Å². The van der Waals surface area contributed by atoms with Crippen LogP contribution in [0, 0.1) is 6.92 Å². The molecule has 3 N–H and O–H groups in total. The van der Waals surface area contributed by atoms with Crippen LogP contribution in [0.2, 0.25) is 0 Å². The maximum Gasteiger partial charge on any atom is 0.263 e. The highest BCUT2D eigenvalue weighted by Crippen LogP contribution is 2.19. The number of nitrogens with one attached hydrogen (secondary N) is 1. The van der Waals surface area contributed by atoms with Crippen LogP contribution < -0.4 is 11.1 Å². The van der Waals surface area contributed by atoms with Crippen molar-refractivity contribution in [3.8, 4) is 0 Å². The number of rotatable bonds is 9. The van der Waals surface area contributed by atoms with Gasteiger partial charge in [0.2, 0.25) is 0 Å². The number of hydrogen-bond donors (Lipinski definition) is 2. The van der Waals surface area contributed by atoms with Crippen LogP contribution >= 0.6 is 11.3 Å². The third-order valence-corrected chi connectivity index (χ3v) is 3.44. The van der Waals surface area contributed by atoms with E-state index in [1.54, 1.807) is 14.0 Å². The Balaban J connectivity index is 2.09. The molecular formula is C12H21N3O3S. The Morgan fingerprint density at radius 3 is 2.79 bits per heavy atom. The minimum absolute atomic E-state index is 0.105. The summed E-state index contributed by atoms with van der Waals surface area (Å²) >= 11 is 1.22. The summed E-state index contributed by atoms with van der Waals surface area (Å²) in [5, 5.41) is 3.28. The summed E-state index contributed by atoms with van der Waals surface area (Å²) in [6.07, 6.45) is 1.79. The molecule has 0 aliphatic heterocycles. The third kappa shape index (κ3) is 6.00. The van der Waals surface area contributed by atoms with Gasteiger partial charge < -0.3 is 20.5 Å². The number of aryl methyl sites for hydroxylation is 1. The second kappa shape index (κ2) is 8.84. The highest BCUT2D eigenvalue weighted by Gasteiger charge is 2.13. The zero-order valence-electron chi connectivity index (χ0n) is 11.4. The number of methoxy groups -OCH3 is 1. The number of aromatic nitrogens is 1. The standard InChI is InChI=1S/C12H21N3O3S/c1-9-10(19-12(13)15-9)11(16)14-5-3-4-6-18-8-7-17-2/h3-8H2,1-2H3,(H2,13,15)(H,14,16). The molecule has 19 heavy (non-hydrogen) atoms. The summed E-state index contributed by atoms with van der Waals surface area (Å²) in [7, 11) is 1.65. The van der Waals surface area contributed by atoms with Crippen molar-refractivity contribution in [1.29, 1.82) is 0 Å². The first-order valence-electron chi connectivity index (χ1n) is 6.23. The fourth-order valence-corrected chi connectivity index (χ4v) is 2.23. The van der Waals surface area contributed by atoms with Gasteiger partial charge in [0.25, 0.3) is 5.91 Å². The van der Waals surface area contributed by atoms with Crippen LogP contribution in [0.25, 0.3) is 0 Å². The average molecular weight is 287 g/mol. The van der Waals surface area contributed by atoms with Gasteiger partial charge in [0.05, 0.1) is 18.9 Å². The van der Waals surface area contributed by atoms with Crippen molar-refractivity contribution in [1.82, 2.24) is 10.3 Å². The molecule has 1 aromatic rings. The van der Waals surface area contributed by atoms with Gasteiger partial charge in [0.15, 0.2) is 5.13 Å². The number of nitrogen functional groups attached to an aromatic ring is 1. The number of unbranched alkanes of at least 4 members (excludes halogenated alkanes) is 1. The highest BCUT2D eigenvalue weighted by molar-refractivity contribution is 7.17. The Morgan fingerprint density at radius 1 is 1.37 bits per heavy atom. The van der Waals surface area contributed by atoms with E-state index in [9.17, 15) is 4.79 Å². The number of nitrogens with zero attached hydrogens (tertiary/aromatic N) is 1. The van der Waals surface area contributed by atoms with E-state index in [1.807, 2.05) is 0 Å². The number of carbonyl (C=O) groups excluding carboxylic acids is 1. The van der Waals surface area contributed by atoms with Crippen LogP contribution in [0.4, 0.5) is 5.13 Å². The van der Waals surface area contributed by atoms with E-state index in [0.29, 0.717) is 42.1 Å². The number of hydrogen-bond acceptors (Lipinski definition) is 6. The summed E-state index contributed by atoms with van der Waals surface area (Å²) in [6, 6.07) is 0. The van der Waals surface area contributed by atoms with Crippen molar-refractivity contribution in [2.45, 2.75) is 19.8 Å². The van der Waals surface area contributed by atoms with Gasteiger partial charge in [-0.2, -0.15) is 0 Å². The average Bonchev–Trinajstić information content (AvgIpc) is 2.71. The summed E-state index contributed by atoms with van der Waals surface area (Å²) < 4.78 is 10.2. The maximum absolute atomic E-state index is 11.8. The van der Waals surface area contributed by atoms with Crippen molar-refractivity contribution >= 4 is 22.4 Å². The van der Waals surface area contributed by atoms with Gasteiger partial charge in [0, 0.05) is 20.3 Å². The molecule has 0 aromatic carbocycles. The molecule has 0 fully saturated rings. The lowest BCUT2D eigenvalue weighted by Crippen LogP contribution is -2.24. The van der Waals surface area contributed by atoms with Crippen LogP contribution in [0.15, 0.2) is 0 Å². The summed E-state index contributed by atoms with van der Waals surface area (Å²) in [4.78, 5) is 16.4. The molecule has 0 unspecified atom stereocenters. The highest BCUT2D eigenvalue weighted by atomic mass is 32.1. The van der Waals surface area contributed by atoms with Crippen molar-refractivity contribution < 1.29 is 14.3 Å². The van der Waals surface area contributed by atoms with Crippen molar-refractivity contribution in [2.75, 3.05) is 39.2 Å². The summed E-state index contributed by atoms with van der Waals surface area (Å²) in [5.41, 5.74) is 6.24. The lowest BCUT2D eigenvalue weighted by Gasteiger charge is -2.05. The molecule has 0 aliphatic rings. The molecule has 0 radical (unpaired) electrons. The van der Waals surface area contributed by atoms with Gasteiger partial charge in [-0.25, -0.2) is 4.98 Å². The Morgan fingerprint density at radius 2 is 2.16 bits per heavy atom. The Labute approximate surface area is 117 Å². The van der Waals surface area contributed by atoms with Crippen LogP contribution in [0.3, 0.4) is 0 Å². The smallest absolute Gasteiger partial charge is 0.263 e. The number of carbonyl (C=O) groups is 1. The number of anilines is 1. The molecule has 0 bridgehead atoms. The fraction of sp³-hybridized carbons (Fsp3) is 0.667. The molecule has 1 rings (SSSR count). The molecule has 1 amide bonds. The normalized spacial score (nSPS) is 10.6. The monoisotopic (exact) mass is 287 g/mol. The topological polar surface area (TPSA) is 86.5 Å².